The molecule has 0 saturated heterocycles. The highest BCUT2D eigenvalue weighted by Gasteiger charge is 2.42. The van der Waals surface area contributed by atoms with Gasteiger partial charge in [0.1, 0.15) is 13.6 Å². The maximum Gasteiger partial charge on any atom is 0.206 e. The van der Waals surface area contributed by atoms with Crippen molar-refractivity contribution in [3.63, 3.8) is 0 Å². The first-order valence-corrected chi connectivity index (χ1v) is 15.5. The largest absolute Gasteiger partial charge is 0.545 e. The topological polar surface area (TPSA) is 46.4 Å². The van der Waals surface area contributed by atoms with Crippen LogP contribution >= 0.6 is 0 Å². The SMILES string of the molecule is CCc1cc2c(c3c1=[N+](C)CCC3)C(C)(C)c1cc3c(cc1C=2c1ccccc1C(=O)[O-])C(C)CC(C)(C)N3CC. The number of carbonyl (C=O) groups is 1. The number of anilines is 1. The summed E-state index contributed by atoms with van der Waals surface area (Å²) in [6, 6.07) is 14.7. The first kappa shape index (κ1) is 27.8. The zero-order valence-corrected chi connectivity index (χ0v) is 26.1. The van der Waals surface area contributed by atoms with Crippen LogP contribution in [0.1, 0.15) is 117 Å². The molecule has 0 amide bonds. The molecule has 41 heavy (non-hydrogen) atoms. The monoisotopic (exact) mass is 548 g/mol. The van der Waals surface area contributed by atoms with Crippen molar-refractivity contribution >= 4 is 17.2 Å². The molecule has 2 aliphatic heterocycles. The number of nitrogens with zero attached hydrogens (tertiary/aromatic N) is 2. The van der Waals surface area contributed by atoms with Gasteiger partial charge in [0.25, 0.3) is 0 Å². The molecule has 3 aromatic carbocycles. The van der Waals surface area contributed by atoms with Gasteiger partial charge in [0, 0.05) is 46.3 Å². The standard InChI is InChI=1S/C37H44N2O2/c1-9-23-18-29-32(24-14-11-12-15-25(24)35(40)41)28-19-27-22(3)21-36(4,5)39(10-2)31(27)20-30(28)37(6,7)33(29)26-16-13-17-38(8)34(23)26/h11-12,14-15,18-20,22H,9-10,13,16-17,21H2,1-8H3. The minimum absolute atomic E-state index is 0.0676. The van der Waals surface area contributed by atoms with Crippen LogP contribution in [0.3, 0.4) is 0 Å². The summed E-state index contributed by atoms with van der Waals surface area (Å²) in [6.45, 7) is 18.3. The number of aromatic carboxylic acids is 1. The summed E-state index contributed by atoms with van der Waals surface area (Å²) in [7, 11) is 2.22. The molecule has 4 heteroatoms. The summed E-state index contributed by atoms with van der Waals surface area (Å²) in [5, 5.41) is 15.1. The van der Waals surface area contributed by atoms with E-state index in [1.807, 2.05) is 12.1 Å². The van der Waals surface area contributed by atoms with Crippen molar-refractivity contribution in [1.82, 2.24) is 4.58 Å². The molecular formula is C37H44N2O2. The van der Waals surface area contributed by atoms with Crippen molar-refractivity contribution in [3.8, 4) is 0 Å². The molecular weight excluding hydrogens is 504 g/mol. The van der Waals surface area contributed by atoms with Gasteiger partial charge in [-0.1, -0.05) is 52.0 Å². The van der Waals surface area contributed by atoms with Gasteiger partial charge in [-0.25, -0.2) is 4.58 Å². The zero-order chi connectivity index (χ0) is 29.4. The van der Waals surface area contributed by atoms with E-state index in [1.54, 1.807) is 12.1 Å². The van der Waals surface area contributed by atoms with Gasteiger partial charge in [-0.3, -0.25) is 0 Å². The van der Waals surface area contributed by atoms with E-state index in [4.69, 9.17) is 0 Å². The summed E-state index contributed by atoms with van der Waals surface area (Å²) < 4.78 is 2.44. The summed E-state index contributed by atoms with van der Waals surface area (Å²) in [6.07, 6.45) is 4.18. The lowest BCUT2D eigenvalue weighted by atomic mass is 9.65. The fourth-order valence-electron chi connectivity index (χ4n) is 8.59. The van der Waals surface area contributed by atoms with Gasteiger partial charge in [-0.2, -0.15) is 0 Å². The van der Waals surface area contributed by atoms with E-state index in [1.165, 1.54) is 49.6 Å². The van der Waals surface area contributed by atoms with E-state index in [0.717, 1.165) is 49.9 Å². The highest BCUT2D eigenvalue weighted by atomic mass is 16.4. The second-order valence-electron chi connectivity index (χ2n) is 13.6. The Labute approximate surface area is 245 Å². The Morgan fingerprint density at radius 1 is 1.07 bits per heavy atom. The lowest BCUT2D eigenvalue weighted by Crippen LogP contribution is -2.49. The molecule has 3 aromatic rings. The third kappa shape index (κ3) is 4.00. The van der Waals surface area contributed by atoms with Crippen LogP contribution in [-0.4, -0.2) is 31.6 Å². The third-order valence-electron chi connectivity index (χ3n) is 10.3. The van der Waals surface area contributed by atoms with Gasteiger partial charge in [0.05, 0.1) is 5.97 Å². The van der Waals surface area contributed by atoms with E-state index in [9.17, 15) is 9.90 Å². The average molecular weight is 549 g/mol. The normalized spacial score (nSPS) is 20.2. The number of hydrogen-bond acceptors (Lipinski definition) is 3. The van der Waals surface area contributed by atoms with E-state index < -0.39 is 5.97 Å². The van der Waals surface area contributed by atoms with Crippen molar-refractivity contribution in [2.24, 2.45) is 0 Å². The molecule has 4 nitrogen and oxygen atoms in total. The lowest BCUT2D eigenvalue weighted by molar-refractivity contribution is -0.255. The molecule has 1 aliphatic carbocycles. The second kappa shape index (κ2) is 9.58. The van der Waals surface area contributed by atoms with E-state index in [-0.39, 0.29) is 16.5 Å². The predicted molar refractivity (Wildman–Crippen MR) is 167 cm³/mol. The maximum atomic E-state index is 12.5. The van der Waals surface area contributed by atoms with Crippen LogP contribution in [0, 0.1) is 0 Å². The van der Waals surface area contributed by atoms with Crippen LogP contribution in [0.5, 0.6) is 0 Å². The van der Waals surface area contributed by atoms with Gasteiger partial charge in [-0.05, 0) is 103 Å². The smallest absolute Gasteiger partial charge is 0.206 e. The second-order valence-corrected chi connectivity index (χ2v) is 13.6. The van der Waals surface area contributed by atoms with Crippen molar-refractivity contribution < 1.29 is 9.90 Å². The number of carboxylic acids is 1. The van der Waals surface area contributed by atoms with Crippen LogP contribution in [0.2, 0.25) is 0 Å². The minimum atomic E-state index is -1.13. The Bertz CT molecular complexity index is 1730. The molecule has 0 bridgehead atoms. The van der Waals surface area contributed by atoms with Crippen LogP contribution in [0.4, 0.5) is 5.69 Å². The quantitative estimate of drug-likeness (QED) is 0.445. The summed E-state index contributed by atoms with van der Waals surface area (Å²) in [5.74, 6) is -0.724. The number of rotatable bonds is 4. The fourth-order valence-corrected chi connectivity index (χ4v) is 8.59. The number of aryl methyl sites for hydroxylation is 1. The van der Waals surface area contributed by atoms with Gasteiger partial charge < -0.3 is 14.8 Å². The Hall–Kier alpha value is -3.40. The summed E-state index contributed by atoms with van der Waals surface area (Å²) in [4.78, 5) is 15.1. The molecule has 0 N–H and O–H groups in total. The first-order chi connectivity index (χ1) is 19.4. The molecule has 0 spiro atoms. The maximum absolute atomic E-state index is 12.5. The Balaban J connectivity index is 1.85. The highest BCUT2D eigenvalue weighted by molar-refractivity contribution is 5.97. The number of carbonyl (C=O) groups excluding carboxylic acids is 1. The molecule has 0 saturated carbocycles. The van der Waals surface area contributed by atoms with Crippen LogP contribution in [0.25, 0.3) is 5.57 Å². The van der Waals surface area contributed by atoms with E-state index in [2.05, 4.69) is 83.2 Å². The van der Waals surface area contributed by atoms with Crippen molar-refractivity contribution in [2.75, 3.05) is 25.0 Å². The molecule has 6 rings (SSSR count). The molecule has 1 unspecified atom stereocenters. The fraction of sp³-hybridized carbons (Fsp3) is 0.459. The minimum Gasteiger partial charge on any atom is -0.545 e. The molecule has 0 radical (unpaired) electrons. The Kier molecular flexibility index (Phi) is 6.48. The van der Waals surface area contributed by atoms with Gasteiger partial charge >= 0.3 is 0 Å². The molecule has 0 fully saturated rings. The number of fused-ring (bicyclic) bond motifs is 5. The lowest BCUT2D eigenvalue weighted by Gasteiger charge is -2.48. The average Bonchev–Trinajstić information content (AvgIpc) is 2.92. The predicted octanol–water partition coefficient (Wildman–Crippen LogP) is 4.68. The molecule has 0 aromatic heterocycles. The van der Waals surface area contributed by atoms with Crippen molar-refractivity contribution in [2.45, 2.75) is 91.0 Å². The van der Waals surface area contributed by atoms with Gasteiger partial charge in [0.15, 0.2) is 0 Å². The van der Waals surface area contributed by atoms with Crippen LogP contribution < -0.4 is 25.2 Å². The number of carboxylic acid groups (broad SMARTS) is 1. The Morgan fingerprint density at radius 2 is 1.80 bits per heavy atom. The first-order valence-electron chi connectivity index (χ1n) is 15.5. The highest BCUT2D eigenvalue weighted by Crippen LogP contribution is 2.49. The Morgan fingerprint density at radius 3 is 2.49 bits per heavy atom. The van der Waals surface area contributed by atoms with Gasteiger partial charge in [0.2, 0.25) is 5.36 Å². The molecule has 1 atom stereocenters. The molecule has 2 heterocycles. The number of hydrogen-bond donors (Lipinski definition) is 0. The van der Waals surface area contributed by atoms with E-state index >= 15 is 0 Å². The molecule has 214 valence electrons. The third-order valence-corrected chi connectivity index (χ3v) is 10.3. The van der Waals surface area contributed by atoms with Crippen LogP contribution in [-0.2, 0) is 18.3 Å². The van der Waals surface area contributed by atoms with Crippen LogP contribution in [0.15, 0.2) is 42.5 Å². The summed E-state index contributed by atoms with van der Waals surface area (Å²) in [5.41, 5.74) is 11.2. The summed E-state index contributed by atoms with van der Waals surface area (Å²) >= 11 is 0. The van der Waals surface area contributed by atoms with Gasteiger partial charge in [-0.15, -0.1) is 0 Å². The zero-order valence-electron chi connectivity index (χ0n) is 26.1. The van der Waals surface area contributed by atoms with Crippen molar-refractivity contribution in [3.05, 3.63) is 97.5 Å². The molecule has 3 aliphatic rings. The number of benzene rings is 3. The van der Waals surface area contributed by atoms with Crippen molar-refractivity contribution in [1.29, 1.82) is 0 Å². The van der Waals surface area contributed by atoms with E-state index in [0.29, 0.717) is 5.92 Å².